The van der Waals surface area contributed by atoms with Gasteiger partial charge in [0.15, 0.2) is 0 Å². The summed E-state index contributed by atoms with van der Waals surface area (Å²) in [5.74, 6) is 1.75. The maximum Gasteiger partial charge on any atom is 0.494 e. The van der Waals surface area contributed by atoms with Gasteiger partial charge < -0.3 is 13.7 Å². The second kappa shape index (κ2) is 6.37. The summed E-state index contributed by atoms with van der Waals surface area (Å²) in [6, 6.07) is 13.1. The first kappa shape index (κ1) is 18.3. The summed E-state index contributed by atoms with van der Waals surface area (Å²) in [6.45, 7) is 8.36. The summed E-state index contributed by atoms with van der Waals surface area (Å²) in [7, 11) is -0.334. The van der Waals surface area contributed by atoms with Crippen LogP contribution in [0.3, 0.4) is 0 Å². The molecule has 0 bridgehead atoms. The van der Waals surface area contributed by atoms with E-state index in [4.69, 9.17) is 13.7 Å². The number of hydrogen-bond donors (Lipinski definition) is 0. The maximum absolute atomic E-state index is 6.28. The molecule has 2 aromatic carbocycles. The van der Waals surface area contributed by atoms with Gasteiger partial charge in [0.25, 0.3) is 0 Å². The number of hydrogen-bond acceptors (Lipinski definition) is 3. The lowest BCUT2D eigenvalue weighted by atomic mass is 9.78. The molecule has 0 radical (unpaired) electrons. The Morgan fingerprint density at radius 1 is 0.786 bits per heavy atom. The molecular formula is C24H29BO3. The molecule has 5 rings (SSSR count). The van der Waals surface area contributed by atoms with E-state index in [1.54, 1.807) is 0 Å². The molecule has 3 aromatic rings. The van der Waals surface area contributed by atoms with E-state index in [0.717, 1.165) is 16.8 Å². The van der Waals surface area contributed by atoms with Gasteiger partial charge in [-0.15, -0.1) is 0 Å². The third kappa shape index (κ3) is 2.98. The van der Waals surface area contributed by atoms with Crippen molar-refractivity contribution in [2.45, 2.75) is 76.9 Å². The topological polar surface area (TPSA) is 31.6 Å². The van der Waals surface area contributed by atoms with Crippen LogP contribution in [-0.2, 0) is 9.31 Å². The van der Waals surface area contributed by atoms with Crippen molar-refractivity contribution in [2.75, 3.05) is 0 Å². The van der Waals surface area contributed by atoms with E-state index >= 15 is 0 Å². The monoisotopic (exact) mass is 376 g/mol. The molecule has 1 saturated carbocycles. The van der Waals surface area contributed by atoms with Crippen molar-refractivity contribution >= 4 is 34.3 Å². The Hall–Kier alpha value is -1.78. The van der Waals surface area contributed by atoms with Crippen LogP contribution in [0.15, 0.2) is 40.8 Å². The fraction of sp³-hybridized carbons (Fsp3) is 0.500. The van der Waals surface area contributed by atoms with Crippen LogP contribution in [0.4, 0.5) is 0 Å². The van der Waals surface area contributed by atoms with Crippen molar-refractivity contribution in [1.29, 1.82) is 0 Å². The zero-order valence-corrected chi connectivity index (χ0v) is 17.4. The minimum Gasteiger partial charge on any atom is -0.461 e. The molecular weight excluding hydrogens is 347 g/mol. The Bertz CT molecular complexity index is 1010. The standard InChI is InChI=1S/C24H29BO3/c1-23(2)24(3,4)28-25(27-23)20-11-10-17-12-19-15-21(16-8-6-5-7-9-16)26-22(19)14-18(17)13-20/h10-16H,5-9H2,1-4H3. The highest BCUT2D eigenvalue weighted by Crippen LogP contribution is 2.38. The van der Waals surface area contributed by atoms with Crippen molar-refractivity contribution in [3.8, 4) is 0 Å². The van der Waals surface area contributed by atoms with Crippen LogP contribution in [0.2, 0.25) is 0 Å². The number of rotatable bonds is 2. The van der Waals surface area contributed by atoms with Crippen LogP contribution in [0.25, 0.3) is 21.7 Å². The molecule has 0 N–H and O–H groups in total. The lowest BCUT2D eigenvalue weighted by Gasteiger charge is -2.32. The van der Waals surface area contributed by atoms with E-state index in [0.29, 0.717) is 5.92 Å². The van der Waals surface area contributed by atoms with Crippen molar-refractivity contribution in [3.63, 3.8) is 0 Å². The van der Waals surface area contributed by atoms with E-state index in [1.807, 2.05) is 0 Å². The Morgan fingerprint density at radius 3 is 2.21 bits per heavy atom. The molecule has 0 unspecified atom stereocenters. The highest BCUT2D eigenvalue weighted by atomic mass is 16.7. The molecule has 146 valence electrons. The van der Waals surface area contributed by atoms with Gasteiger partial charge >= 0.3 is 7.12 Å². The van der Waals surface area contributed by atoms with Gasteiger partial charge in [0.05, 0.1) is 11.2 Å². The smallest absolute Gasteiger partial charge is 0.461 e. The number of benzene rings is 2. The molecule has 0 spiro atoms. The van der Waals surface area contributed by atoms with Crippen LogP contribution in [-0.4, -0.2) is 18.3 Å². The van der Waals surface area contributed by atoms with Crippen LogP contribution < -0.4 is 5.46 Å². The second-order valence-corrected chi connectivity index (χ2v) is 9.57. The Balaban J connectivity index is 1.50. The van der Waals surface area contributed by atoms with Crippen LogP contribution >= 0.6 is 0 Å². The first-order valence-electron chi connectivity index (χ1n) is 10.7. The molecule has 28 heavy (non-hydrogen) atoms. The predicted octanol–water partition coefficient (Wildman–Crippen LogP) is 5.93. The molecule has 3 nitrogen and oxygen atoms in total. The highest BCUT2D eigenvalue weighted by Gasteiger charge is 2.51. The molecule has 4 heteroatoms. The minimum absolute atomic E-state index is 0.327. The Kier molecular flexibility index (Phi) is 4.15. The fourth-order valence-corrected chi connectivity index (χ4v) is 4.54. The summed E-state index contributed by atoms with van der Waals surface area (Å²) in [5, 5.41) is 3.60. The minimum atomic E-state index is -0.334. The van der Waals surface area contributed by atoms with Crippen LogP contribution in [0, 0.1) is 0 Å². The van der Waals surface area contributed by atoms with E-state index in [9.17, 15) is 0 Å². The average Bonchev–Trinajstić information content (AvgIpc) is 3.17. The zero-order valence-electron chi connectivity index (χ0n) is 17.4. The van der Waals surface area contributed by atoms with Crippen molar-refractivity contribution in [3.05, 3.63) is 42.2 Å². The summed E-state index contributed by atoms with van der Waals surface area (Å²) >= 11 is 0. The van der Waals surface area contributed by atoms with Crippen molar-refractivity contribution in [2.24, 2.45) is 0 Å². The number of furan rings is 1. The first-order chi connectivity index (χ1) is 13.3. The normalized spacial score (nSPS) is 22.4. The van der Waals surface area contributed by atoms with Gasteiger partial charge in [-0.25, -0.2) is 0 Å². The van der Waals surface area contributed by atoms with E-state index < -0.39 is 0 Å². The largest absolute Gasteiger partial charge is 0.494 e. The molecule has 2 aliphatic rings. The Labute approximate surface area is 167 Å². The van der Waals surface area contributed by atoms with Crippen LogP contribution in [0.5, 0.6) is 0 Å². The quantitative estimate of drug-likeness (QED) is 0.519. The average molecular weight is 376 g/mol. The molecule has 2 fully saturated rings. The van der Waals surface area contributed by atoms with Crippen molar-refractivity contribution < 1.29 is 13.7 Å². The molecule has 0 atom stereocenters. The van der Waals surface area contributed by atoms with Gasteiger partial charge in [-0.3, -0.25) is 0 Å². The Morgan fingerprint density at radius 2 is 1.50 bits per heavy atom. The molecule has 1 aromatic heterocycles. The van der Waals surface area contributed by atoms with E-state index in [1.165, 1.54) is 48.3 Å². The lowest BCUT2D eigenvalue weighted by molar-refractivity contribution is 0.00578. The van der Waals surface area contributed by atoms with Crippen molar-refractivity contribution in [1.82, 2.24) is 0 Å². The second-order valence-electron chi connectivity index (χ2n) is 9.57. The first-order valence-corrected chi connectivity index (χ1v) is 10.7. The van der Waals surface area contributed by atoms with E-state index in [2.05, 4.69) is 64.1 Å². The summed E-state index contributed by atoms with van der Waals surface area (Å²) in [6.07, 6.45) is 6.52. The predicted molar refractivity (Wildman–Crippen MR) is 115 cm³/mol. The fourth-order valence-electron chi connectivity index (χ4n) is 4.54. The SMILES string of the molecule is CC1(C)OB(c2ccc3cc4cc(C5CCCCC5)oc4cc3c2)OC1(C)C. The molecule has 1 saturated heterocycles. The third-order valence-corrected chi connectivity index (χ3v) is 7.05. The van der Waals surface area contributed by atoms with E-state index in [-0.39, 0.29) is 18.3 Å². The molecule has 1 aliphatic carbocycles. The van der Waals surface area contributed by atoms with Gasteiger partial charge in [-0.05, 0) is 75.0 Å². The van der Waals surface area contributed by atoms with Gasteiger partial charge in [0.2, 0.25) is 0 Å². The summed E-state index contributed by atoms with van der Waals surface area (Å²) in [5.41, 5.74) is 1.39. The van der Waals surface area contributed by atoms with Gasteiger partial charge in [-0.1, -0.05) is 37.5 Å². The van der Waals surface area contributed by atoms with Gasteiger partial charge in [-0.2, -0.15) is 0 Å². The zero-order chi connectivity index (χ0) is 19.5. The van der Waals surface area contributed by atoms with Crippen LogP contribution in [0.1, 0.15) is 71.5 Å². The summed E-state index contributed by atoms with van der Waals surface area (Å²) < 4.78 is 18.7. The maximum atomic E-state index is 6.28. The third-order valence-electron chi connectivity index (χ3n) is 7.05. The molecule has 1 aliphatic heterocycles. The number of fused-ring (bicyclic) bond motifs is 2. The van der Waals surface area contributed by atoms with Gasteiger partial charge in [0.1, 0.15) is 11.3 Å². The molecule has 2 heterocycles. The summed E-state index contributed by atoms with van der Waals surface area (Å²) in [4.78, 5) is 0. The molecule has 0 amide bonds. The van der Waals surface area contributed by atoms with Gasteiger partial charge in [0, 0.05) is 11.3 Å². The lowest BCUT2D eigenvalue weighted by Crippen LogP contribution is -2.41. The highest BCUT2D eigenvalue weighted by molar-refractivity contribution is 6.62.